The van der Waals surface area contributed by atoms with Gasteiger partial charge in [0.05, 0.1) is 20.5 Å². The van der Waals surface area contributed by atoms with Crippen molar-refractivity contribution >= 4 is 50.4 Å². The Morgan fingerprint density at radius 2 is 2.19 bits per heavy atom. The Labute approximate surface area is 201 Å². The number of benzene rings is 1. The number of carbonyl (C=O) groups is 1. The third-order valence-electron chi connectivity index (χ3n) is 5.57. The van der Waals surface area contributed by atoms with E-state index in [0.29, 0.717) is 41.8 Å². The molecule has 3 rings (SSSR count). The van der Waals surface area contributed by atoms with Crippen LogP contribution in [0.15, 0.2) is 22.7 Å². The zero-order chi connectivity index (χ0) is 22.5. The van der Waals surface area contributed by atoms with Gasteiger partial charge in [-0.3, -0.25) is 4.79 Å². The van der Waals surface area contributed by atoms with E-state index in [9.17, 15) is 10.1 Å². The molecule has 0 bridgehead atoms. The van der Waals surface area contributed by atoms with Crippen LogP contribution in [0.5, 0.6) is 5.75 Å². The Balaban J connectivity index is 1.58. The zero-order valence-electron chi connectivity index (χ0n) is 18.1. The van der Waals surface area contributed by atoms with Gasteiger partial charge in [0.15, 0.2) is 0 Å². The summed E-state index contributed by atoms with van der Waals surface area (Å²) in [7, 11) is 0. The third-order valence-corrected chi connectivity index (χ3v) is 7.63. The van der Waals surface area contributed by atoms with Gasteiger partial charge in [0.1, 0.15) is 16.8 Å². The Hall–Kier alpha value is -1.75. The van der Waals surface area contributed by atoms with Gasteiger partial charge in [-0.1, -0.05) is 39.1 Å². The maximum Gasteiger partial charge on any atom is 0.225 e. The fraction of sp³-hybridized carbons (Fsp3) is 0.458. The predicted octanol–water partition coefficient (Wildman–Crippen LogP) is 7.16. The molecule has 7 heteroatoms. The molecule has 1 aromatic heterocycles. The third kappa shape index (κ3) is 5.94. The summed E-state index contributed by atoms with van der Waals surface area (Å²) in [6.07, 6.45) is 3.71. The Kier molecular flexibility index (Phi) is 8.26. The Morgan fingerprint density at radius 1 is 1.42 bits per heavy atom. The first-order valence-electron chi connectivity index (χ1n) is 10.6. The minimum absolute atomic E-state index is 0.121. The maximum atomic E-state index is 12.5. The molecule has 0 aliphatic heterocycles. The van der Waals surface area contributed by atoms with Gasteiger partial charge in [-0.15, -0.1) is 11.3 Å². The zero-order valence-corrected chi connectivity index (χ0v) is 21.3. The molecule has 0 fully saturated rings. The van der Waals surface area contributed by atoms with Crippen molar-refractivity contribution in [3.8, 4) is 11.8 Å². The van der Waals surface area contributed by atoms with Gasteiger partial charge in [0.2, 0.25) is 5.91 Å². The molecule has 1 atom stereocenters. The summed E-state index contributed by atoms with van der Waals surface area (Å²) in [5, 5.41) is 13.2. The molecule has 0 spiro atoms. The van der Waals surface area contributed by atoms with Crippen LogP contribution in [0.3, 0.4) is 0 Å². The van der Waals surface area contributed by atoms with Crippen molar-refractivity contribution in [3.63, 3.8) is 0 Å². The van der Waals surface area contributed by atoms with Gasteiger partial charge in [-0.25, -0.2) is 0 Å². The molecule has 0 saturated heterocycles. The molecule has 2 aromatic rings. The van der Waals surface area contributed by atoms with Crippen LogP contribution >= 0.6 is 39.5 Å². The van der Waals surface area contributed by atoms with Crippen molar-refractivity contribution in [2.45, 2.75) is 58.8 Å². The van der Waals surface area contributed by atoms with Crippen molar-refractivity contribution in [3.05, 3.63) is 48.7 Å². The summed E-state index contributed by atoms with van der Waals surface area (Å²) >= 11 is 10.5. The number of nitrogens with zero attached hydrogens (tertiary/aromatic N) is 1. The van der Waals surface area contributed by atoms with E-state index in [1.165, 1.54) is 16.9 Å². The van der Waals surface area contributed by atoms with Crippen molar-refractivity contribution in [2.75, 3.05) is 11.9 Å². The van der Waals surface area contributed by atoms with Crippen LogP contribution in [0.1, 0.15) is 68.2 Å². The molecule has 1 unspecified atom stereocenters. The van der Waals surface area contributed by atoms with E-state index in [1.54, 1.807) is 0 Å². The first-order chi connectivity index (χ1) is 14.8. The monoisotopic (exact) mass is 518 g/mol. The molecular weight excluding hydrogens is 492 g/mol. The number of nitrogens with one attached hydrogen (secondary N) is 1. The van der Waals surface area contributed by atoms with Crippen LogP contribution in [-0.4, -0.2) is 12.5 Å². The van der Waals surface area contributed by atoms with Crippen molar-refractivity contribution in [1.29, 1.82) is 5.26 Å². The fourth-order valence-corrected chi connectivity index (χ4v) is 5.66. The number of rotatable bonds is 7. The minimum atomic E-state index is -0.121. The van der Waals surface area contributed by atoms with Crippen molar-refractivity contribution in [1.82, 2.24) is 0 Å². The quantitative estimate of drug-likeness (QED) is 0.312. The Bertz CT molecular complexity index is 1070. The highest BCUT2D eigenvalue weighted by molar-refractivity contribution is 9.10. The number of amides is 1. The highest BCUT2D eigenvalue weighted by Crippen LogP contribution is 2.36. The van der Waals surface area contributed by atoms with E-state index >= 15 is 0 Å². The lowest BCUT2D eigenvalue weighted by molar-refractivity contribution is -0.116. The SMILES string of the molecule is CC1CCc2c(C#N)c(NC(=O)CCCOc3ccc(C(C)C)cc3Br)sc(=S)c2C1. The van der Waals surface area contributed by atoms with Gasteiger partial charge < -0.3 is 10.1 Å². The van der Waals surface area contributed by atoms with E-state index in [-0.39, 0.29) is 5.91 Å². The molecule has 4 nitrogen and oxygen atoms in total. The van der Waals surface area contributed by atoms with Gasteiger partial charge >= 0.3 is 0 Å². The lowest BCUT2D eigenvalue weighted by Gasteiger charge is -2.23. The van der Waals surface area contributed by atoms with Crippen LogP contribution in [0.25, 0.3) is 0 Å². The lowest BCUT2D eigenvalue weighted by Crippen LogP contribution is -2.17. The normalized spacial score (nSPS) is 15.3. The number of carbonyl (C=O) groups excluding carboxylic acids is 1. The molecule has 31 heavy (non-hydrogen) atoms. The number of anilines is 1. The molecule has 1 aromatic carbocycles. The van der Waals surface area contributed by atoms with Gasteiger partial charge in [-0.05, 0) is 82.3 Å². The molecule has 0 radical (unpaired) electrons. The molecule has 164 valence electrons. The summed E-state index contributed by atoms with van der Waals surface area (Å²) in [5.41, 5.74) is 3.97. The number of hydrogen-bond acceptors (Lipinski definition) is 5. The lowest BCUT2D eigenvalue weighted by atomic mass is 9.85. The first-order valence-corrected chi connectivity index (χ1v) is 12.6. The number of hydrogen-bond donors (Lipinski definition) is 1. The Morgan fingerprint density at radius 3 is 2.87 bits per heavy atom. The largest absolute Gasteiger partial charge is 0.492 e. The van der Waals surface area contributed by atoms with Crippen LogP contribution in [-0.2, 0) is 17.6 Å². The van der Waals surface area contributed by atoms with E-state index < -0.39 is 0 Å². The van der Waals surface area contributed by atoms with Crippen molar-refractivity contribution in [2.24, 2.45) is 5.92 Å². The molecule has 1 amide bonds. The molecule has 0 saturated carbocycles. The second-order valence-electron chi connectivity index (χ2n) is 8.36. The number of ether oxygens (including phenoxy) is 1. The molecule has 1 aliphatic carbocycles. The van der Waals surface area contributed by atoms with Gasteiger partial charge in [0, 0.05) is 6.42 Å². The highest BCUT2D eigenvalue weighted by Gasteiger charge is 2.23. The second-order valence-corrected chi connectivity index (χ2v) is 10.9. The van der Waals surface area contributed by atoms with Crippen LogP contribution in [0, 0.1) is 21.1 Å². The van der Waals surface area contributed by atoms with E-state index in [4.69, 9.17) is 17.0 Å². The average Bonchev–Trinajstić information content (AvgIpc) is 2.72. The van der Waals surface area contributed by atoms with Crippen LogP contribution in [0.4, 0.5) is 5.00 Å². The predicted molar refractivity (Wildman–Crippen MR) is 133 cm³/mol. The summed E-state index contributed by atoms with van der Waals surface area (Å²) < 4.78 is 7.53. The molecule has 1 aliphatic rings. The highest BCUT2D eigenvalue weighted by atomic mass is 79.9. The standard InChI is InChI=1S/C24H27BrN2O2S2/c1-14(2)16-7-9-21(20(25)12-16)29-10-4-5-22(28)27-23-19(13-26)17-8-6-15(3)11-18(17)24(30)31-23/h7,9,12,14-15H,4-6,8,10-11H2,1-3H3,(H,27,28). The number of fused-ring (bicyclic) bond motifs is 1. The molecular formula is C24H27BrN2O2S2. The van der Waals surface area contributed by atoms with Crippen LogP contribution < -0.4 is 10.1 Å². The first kappa shape index (κ1) is 23.9. The van der Waals surface area contributed by atoms with E-state index in [0.717, 1.165) is 44.4 Å². The fourth-order valence-electron chi connectivity index (χ4n) is 3.74. The molecule has 1 N–H and O–H groups in total. The summed E-state index contributed by atoms with van der Waals surface area (Å²) in [6, 6.07) is 8.39. The van der Waals surface area contributed by atoms with E-state index in [2.05, 4.69) is 60.2 Å². The molecule has 1 heterocycles. The minimum Gasteiger partial charge on any atom is -0.492 e. The topological polar surface area (TPSA) is 62.1 Å². The summed E-state index contributed by atoms with van der Waals surface area (Å²) in [6.45, 7) is 6.95. The summed E-state index contributed by atoms with van der Waals surface area (Å²) in [4.78, 5) is 12.5. The van der Waals surface area contributed by atoms with Crippen LogP contribution in [0.2, 0.25) is 0 Å². The second kappa shape index (κ2) is 10.7. The summed E-state index contributed by atoms with van der Waals surface area (Å²) in [5.74, 6) is 1.69. The van der Waals surface area contributed by atoms with E-state index in [1.807, 2.05) is 6.07 Å². The van der Waals surface area contributed by atoms with Gasteiger partial charge in [0.25, 0.3) is 0 Å². The number of halogens is 1. The average molecular weight is 520 g/mol. The maximum absolute atomic E-state index is 12.5. The number of nitriles is 1. The van der Waals surface area contributed by atoms with Gasteiger partial charge in [-0.2, -0.15) is 5.26 Å². The smallest absolute Gasteiger partial charge is 0.225 e. The van der Waals surface area contributed by atoms with Crippen molar-refractivity contribution < 1.29 is 9.53 Å².